The second-order valence-corrected chi connectivity index (χ2v) is 7.34. The average molecular weight is 407 g/mol. The van der Waals surface area contributed by atoms with Gasteiger partial charge in [0.1, 0.15) is 17.7 Å². The molecule has 4 rings (SSSR count). The normalized spacial score (nSPS) is 24.0. The number of fused-ring (bicyclic) bond motifs is 2. The number of aromatic nitrogens is 1. The maximum atomic E-state index is 14.5. The van der Waals surface area contributed by atoms with Gasteiger partial charge in [0.05, 0.1) is 11.6 Å². The summed E-state index contributed by atoms with van der Waals surface area (Å²) in [5.41, 5.74) is -1.84. The Morgan fingerprint density at radius 2 is 1.79 bits per heavy atom. The molecule has 2 atom stereocenters. The van der Waals surface area contributed by atoms with Crippen LogP contribution in [0.1, 0.15) is 59.4 Å². The number of rotatable bonds is 1. The van der Waals surface area contributed by atoms with Crippen molar-refractivity contribution in [2.75, 3.05) is 0 Å². The zero-order chi connectivity index (χ0) is 20.4. The first-order valence-corrected chi connectivity index (χ1v) is 8.85. The largest absolute Gasteiger partial charge is 0.418 e. The second kappa shape index (κ2) is 6.23. The Balaban J connectivity index is 1.93. The first-order valence-electron chi connectivity index (χ1n) is 8.85. The number of aliphatic hydroxyl groups excluding tert-OH is 1. The predicted octanol–water partition coefficient (Wildman–Crippen LogP) is 5.33. The molecule has 0 saturated heterocycles. The van der Waals surface area contributed by atoms with Gasteiger partial charge in [-0.2, -0.15) is 13.2 Å². The van der Waals surface area contributed by atoms with E-state index in [0.717, 1.165) is 10.6 Å². The summed E-state index contributed by atoms with van der Waals surface area (Å²) in [6.07, 6.45) is -6.93. The van der Waals surface area contributed by atoms with Gasteiger partial charge in [-0.15, -0.1) is 0 Å². The van der Waals surface area contributed by atoms with E-state index in [1.165, 1.54) is 0 Å². The number of halogens is 7. The van der Waals surface area contributed by atoms with Crippen LogP contribution < -0.4 is 0 Å². The van der Waals surface area contributed by atoms with E-state index in [-0.39, 0.29) is 24.1 Å². The van der Waals surface area contributed by atoms with Crippen molar-refractivity contribution in [3.8, 4) is 0 Å². The van der Waals surface area contributed by atoms with Crippen LogP contribution in [0.25, 0.3) is 0 Å². The topological polar surface area (TPSA) is 25.2 Å². The molecule has 0 aliphatic heterocycles. The minimum absolute atomic E-state index is 0.0750. The Hall–Kier alpha value is -2.03. The molecule has 1 aromatic carbocycles. The van der Waals surface area contributed by atoms with Crippen molar-refractivity contribution in [1.82, 2.24) is 4.57 Å². The minimum atomic E-state index is -4.96. The first kappa shape index (κ1) is 19.3. The maximum Gasteiger partial charge on any atom is 0.418 e. The zero-order valence-corrected chi connectivity index (χ0v) is 14.5. The summed E-state index contributed by atoms with van der Waals surface area (Å²) in [6, 6.07) is 0.933. The quantitative estimate of drug-likeness (QED) is 0.636. The lowest BCUT2D eigenvalue weighted by molar-refractivity contribution is -0.147. The lowest BCUT2D eigenvalue weighted by Crippen LogP contribution is -2.34. The summed E-state index contributed by atoms with van der Waals surface area (Å²) in [4.78, 5) is 0. The molecule has 0 saturated carbocycles. The van der Waals surface area contributed by atoms with Crippen LogP contribution in [-0.4, -0.2) is 15.6 Å². The molecule has 0 amide bonds. The molecule has 0 spiro atoms. The monoisotopic (exact) mass is 407 g/mol. The molecule has 1 unspecified atom stereocenters. The predicted molar refractivity (Wildman–Crippen MR) is 85.1 cm³/mol. The van der Waals surface area contributed by atoms with Gasteiger partial charge in [-0.1, -0.05) is 0 Å². The van der Waals surface area contributed by atoms with Gasteiger partial charge < -0.3 is 9.67 Å². The maximum absolute atomic E-state index is 14.5. The third kappa shape index (κ3) is 2.91. The van der Waals surface area contributed by atoms with E-state index < -0.39 is 53.4 Å². The lowest BCUT2D eigenvalue weighted by Gasteiger charge is -2.33. The van der Waals surface area contributed by atoms with E-state index in [2.05, 4.69) is 0 Å². The number of nitrogens with zero attached hydrogens (tertiary/aromatic N) is 1. The van der Waals surface area contributed by atoms with Gasteiger partial charge in [0.25, 0.3) is 5.92 Å². The van der Waals surface area contributed by atoms with Gasteiger partial charge in [0, 0.05) is 35.5 Å². The van der Waals surface area contributed by atoms with Crippen molar-refractivity contribution < 1.29 is 35.8 Å². The van der Waals surface area contributed by atoms with Gasteiger partial charge >= 0.3 is 6.18 Å². The fourth-order valence-corrected chi connectivity index (χ4v) is 4.41. The van der Waals surface area contributed by atoms with Crippen LogP contribution in [0.5, 0.6) is 0 Å². The van der Waals surface area contributed by atoms with Gasteiger partial charge in [-0.25, -0.2) is 17.6 Å². The Labute approximate surface area is 155 Å². The molecule has 2 aliphatic carbocycles. The van der Waals surface area contributed by atoms with Crippen LogP contribution in [0.3, 0.4) is 0 Å². The highest BCUT2D eigenvalue weighted by Crippen LogP contribution is 2.49. The molecular formula is C19H16F7NO. The van der Waals surface area contributed by atoms with E-state index in [1.807, 2.05) is 0 Å². The standard InChI is InChI=1S/C19H16F7NO/c20-10-6-9-2-1-3-13(15(9)12(21)7-10)27-8-11(19(24,25)26)16-14(27)4-5-18(22,23)17(16)28/h6-8,13,17,28H,1-5H2/t13?,17-/m0/s1. The molecule has 2 nitrogen and oxygen atoms in total. The Morgan fingerprint density at radius 1 is 1.07 bits per heavy atom. The molecule has 9 heteroatoms. The summed E-state index contributed by atoms with van der Waals surface area (Å²) in [5.74, 6) is -5.34. The summed E-state index contributed by atoms with van der Waals surface area (Å²) in [7, 11) is 0. The fourth-order valence-electron chi connectivity index (χ4n) is 4.41. The van der Waals surface area contributed by atoms with E-state index in [4.69, 9.17) is 0 Å². The van der Waals surface area contributed by atoms with E-state index in [1.54, 1.807) is 0 Å². The molecule has 1 heterocycles. The highest BCUT2D eigenvalue weighted by atomic mass is 19.4. The summed E-state index contributed by atoms with van der Waals surface area (Å²) in [6.45, 7) is 0. The smallest absolute Gasteiger partial charge is 0.382 e. The van der Waals surface area contributed by atoms with E-state index >= 15 is 0 Å². The fraction of sp³-hybridized carbons (Fsp3) is 0.474. The SMILES string of the molecule is O[C@H]1c2c(C(F)(F)F)cn(C3CCCc4cc(F)cc(F)c43)c2CCC1(F)F. The second-order valence-electron chi connectivity index (χ2n) is 7.34. The van der Waals surface area contributed by atoms with Gasteiger partial charge in [0.15, 0.2) is 0 Å². The number of aliphatic hydroxyl groups is 1. The Kier molecular flexibility index (Phi) is 4.30. The van der Waals surface area contributed by atoms with Crippen molar-refractivity contribution in [1.29, 1.82) is 0 Å². The van der Waals surface area contributed by atoms with Crippen LogP contribution in [0.4, 0.5) is 30.7 Å². The van der Waals surface area contributed by atoms with Crippen molar-refractivity contribution in [3.05, 3.63) is 57.9 Å². The van der Waals surface area contributed by atoms with Gasteiger partial charge in [-0.3, -0.25) is 0 Å². The van der Waals surface area contributed by atoms with Crippen molar-refractivity contribution >= 4 is 0 Å². The zero-order valence-electron chi connectivity index (χ0n) is 14.5. The number of hydrogen-bond acceptors (Lipinski definition) is 1. The molecule has 1 N–H and O–H groups in total. The Bertz CT molecular complexity index is 931. The van der Waals surface area contributed by atoms with Gasteiger partial charge in [0.2, 0.25) is 0 Å². The van der Waals surface area contributed by atoms with E-state index in [0.29, 0.717) is 30.7 Å². The first-order chi connectivity index (χ1) is 13.0. The van der Waals surface area contributed by atoms with Gasteiger partial charge in [-0.05, 0) is 37.3 Å². The highest BCUT2D eigenvalue weighted by molar-refractivity contribution is 5.43. The molecule has 152 valence electrons. The third-order valence-corrected chi connectivity index (χ3v) is 5.63. The number of benzene rings is 1. The molecular weight excluding hydrogens is 391 g/mol. The molecule has 0 fully saturated rings. The molecule has 2 aromatic rings. The number of hydrogen-bond donors (Lipinski definition) is 1. The van der Waals surface area contributed by atoms with Crippen LogP contribution in [0.2, 0.25) is 0 Å². The van der Waals surface area contributed by atoms with Crippen molar-refractivity contribution in [2.45, 2.75) is 56.3 Å². The molecule has 1 aromatic heterocycles. The van der Waals surface area contributed by atoms with Crippen LogP contribution >= 0.6 is 0 Å². The summed E-state index contributed by atoms with van der Waals surface area (Å²) < 4.78 is 97.6. The van der Waals surface area contributed by atoms with Crippen LogP contribution in [0, 0.1) is 11.6 Å². The minimum Gasteiger partial charge on any atom is -0.382 e. The molecule has 28 heavy (non-hydrogen) atoms. The van der Waals surface area contributed by atoms with Crippen molar-refractivity contribution in [2.24, 2.45) is 0 Å². The molecule has 0 radical (unpaired) electrons. The van der Waals surface area contributed by atoms with E-state index in [9.17, 15) is 35.8 Å². The third-order valence-electron chi connectivity index (χ3n) is 5.63. The summed E-state index contributed by atoms with van der Waals surface area (Å²) >= 11 is 0. The molecule has 2 aliphatic rings. The van der Waals surface area contributed by atoms with Crippen molar-refractivity contribution in [3.63, 3.8) is 0 Å². The Morgan fingerprint density at radius 3 is 2.46 bits per heavy atom. The number of alkyl halides is 5. The number of aryl methyl sites for hydroxylation is 1. The summed E-state index contributed by atoms with van der Waals surface area (Å²) in [5, 5.41) is 9.94. The van der Waals surface area contributed by atoms with Crippen LogP contribution in [-0.2, 0) is 19.0 Å². The lowest BCUT2D eigenvalue weighted by atomic mass is 9.85. The van der Waals surface area contributed by atoms with Crippen LogP contribution in [0.15, 0.2) is 18.3 Å². The molecule has 0 bridgehead atoms. The highest BCUT2D eigenvalue weighted by Gasteiger charge is 2.50. The average Bonchev–Trinajstić information content (AvgIpc) is 2.97.